The van der Waals surface area contributed by atoms with Crippen LogP contribution >= 0.6 is 11.6 Å². The highest BCUT2D eigenvalue weighted by Gasteiger charge is 2.23. The summed E-state index contributed by atoms with van der Waals surface area (Å²) in [4.78, 5) is 15.9. The van der Waals surface area contributed by atoms with Gasteiger partial charge in [0.1, 0.15) is 0 Å². The van der Waals surface area contributed by atoms with Crippen LogP contribution in [0.4, 0.5) is 17.1 Å². The molecule has 1 aliphatic rings. The van der Waals surface area contributed by atoms with Crippen molar-refractivity contribution in [3.8, 4) is 0 Å². The second-order valence-corrected chi connectivity index (χ2v) is 10.0. The SMILES string of the molecule is Cc1ccc(S(=O)(=O)Nc2cc(C(=O)O)ccc2N2CCN(c3ccc(Cl)cc3)CC2)cc1. The Hall–Kier alpha value is -3.23. The summed E-state index contributed by atoms with van der Waals surface area (Å²) in [6.07, 6.45) is 0. The quantitative estimate of drug-likeness (QED) is 0.535. The van der Waals surface area contributed by atoms with Crippen LogP contribution in [0.15, 0.2) is 71.6 Å². The summed E-state index contributed by atoms with van der Waals surface area (Å²) >= 11 is 5.99. The van der Waals surface area contributed by atoms with Gasteiger partial charge in [0, 0.05) is 36.9 Å². The van der Waals surface area contributed by atoms with Crippen LogP contribution in [-0.4, -0.2) is 45.7 Å². The largest absolute Gasteiger partial charge is 0.478 e. The molecule has 2 N–H and O–H groups in total. The highest BCUT2D eigenvalue weighted by atomic mass is 35.5. The van der Waals surface area contributed by atoms with E-state index in [1.807, 2.05) is 31.2 Å². The van der Waals surface area contributed by atoms with Gasteiger partial charge in [-0.3, -0.25) is 4.72 Å². The molecule has 3 aromatic rings. The van der Waals surface area contributed by atoms with Gasteiger partial charge in [0.2, 0.25) is 0 Å². The molecule has 3 aromatic carbocycles. The minimum Gasteiger partial charge on any atom is -0.478 e. The molecule has 0 radical (unpaired) electrons. The summed E-state index contributed by atoms with van der Waals surface area (Å²) < 4.78 is 28.6. The lowest BCUT2D eigenvalue weighted by Crippen LogP contribution is -2.46. The molecule has 4 rings (SSSR count). The average Bonchev–Trinajstić information content (AvgIpc) is 2.80. The van der Waals surface area contributed by atoms with Crippen molar-refractivity contribution in [2.24, 2.45) is 0 Å². The molecule has 1 aliphatic heterocycles. The number of piperazine rings is 1. The number of sulfonamides is 1. The molecule has 0 atom stereocenters. The van der Waals surface area contributed by atoms with Crippen molar-refractivity contribution < 1.29 is 18.3 Å². The number of rotatable bonds is 6. The molecule has 0 saturated carbocycles. The Labute approximate surface area is 198 Å². The minimum absolute atomic E-state index is 0.0140. The van der Waals surface area contributed by atoms with Crippen molar-refractivity contribution in [2.45, 2.75) is 11.8 Å². The molecule has 7 nitrogen and oxygen atoms in total. The summed E-state index contributed by atoms with van der Waals surface area (Å²) in [5, 5.41) is 10.1. The molecule has 172 valence electrons. The van der Waals surface area contributed by atoms with Crippen LogP contribution in [0, 0.1) is 6.92 Å². The molecule has 33 heavy (non-hydrogen) atoms. The van der Waals surface area contributed by atoms with Gasteiger partial charge in [0.15, 0.2) is 0 Å². The molecule has 0 spiro atoms. The van der Waals surface area contributed by atoms with Gasteiger partial charge in [0.05, 0.1) is 21.8 Å². The van der Waals surface area contributed by atoms with Gasteiger partial charge in [-0.2, -0.15) is 0 Å². The average molecular weight is 486 g/mol. The van der Waals surface area contributed by atoms with E-state index in [-0.39, 0.29) is 16.1 Å². The molecule has 0 bridgehead atoms. The molecule has 1 fully saturated rings. The van der Waals surface area contributed by atoms with E-state index in [2.05, 4.69) is 14.5 Å². The van der Waals surface area contributed by atoms with Crippen molar-refractivity contribution in [1.29, 1.82) is 0 Å². The van der Waals surface area contributed by atoms with Gasteiger partial charge in [0.25, 0.3) is 10.0 Å². The Morgan fingerprint density at radius 1 is 0.909 bits per heavy atom. The number of aryl methyl sites for hydroxylation is 1. The molecule has 0 amide bonds. The van der Waals surface area contributed by atoms with Gasteiger partial charge < -0.3 is 14.9 Å². The maximum absolute atomic E-state index is 13.0. The zero-order valence-electron chi connectivity index (χ0n) is 18.0. The van der Waals surface area contributed by atoms with Crippen molar-refractivity contribution in [3.05, 3.63) is 82.9 Å². The van der Waals surface area contributed by atoms with E-state index in [1.54, 1.807) is 18.2 Å². The van der Waals surface area contributed by atoms with Gasteiger partial charge in [-0.15, -0.1) is 0 Å². The van der Waals surface area contributed by atoms with E-state index in [4.69, 9.17) is 11.6 Å². The summed E-state index contributed by atoms with van der Waals surface area (Å²) in [6, 6.07) is 18.7. The Bertz CT molecular complexity index is 1250. The van der Waals surface area contributed by atoms with E-state index < -0.39 is 16.0 Å². The van der Waals surface area contributed by atoms with Crippen molar-refractivity contribution in [3.63, 3.8) is 0 Å². The van der Waals surface area contributed by atoms with Crippen molar-refractivity contribution in [1.82, 2.24) is 0 Å². The highest BCUT2D eigenvalue weighted by molar-refractivity contribution is 7.92. The number of nitrogens with one attached hydrogen (secondary N) is 1. The molecule has 9 heteroatoms. The minimum atomic E-state index is -3.88. The van der Waals surface area contributed by atoms with Gasteiger partial charge in [-0.25, -0.2) is 13.2 Å². The molecule has 0 aromatic heterocycles. The fourth-order valence-corrected chi connectivity index (χ4v) is 5.00. The van der Waals surface area contributed by atoms with Crippen molar-refractivity contribution >= 4 is 44.7 Å². The predicted octanol–water partition coefficient (Wildman–Crippen LogP) is 4.47. The highest BCUT2D eigenvalue weighted by Crippen LogP contribution is 2.31. The van der Waals surface area contributed by atoms with Crippen molar-refractivity contribution in [2.75, 3.05) is 40.7 Å². The number of hydrogen-bond acceptors (Lipinski definition) is 5. The van der Waals surface area contributed by atoms with Crippen LogP contribution in [0.3, 0.4) is 0 Å². The number of carbonyl (C=O) groups is 1. The van der Waals surface area contributed by atoms with Crippen LogP contribution in [0.25, 0.3) is 0 Å². The lowest BCUT2D eigenvalue weighted by atomic mass is 10.1. The first-order valence-electron chi connectivity index (χ1n) is 10.5. The third kappa shape index (κ3) is 5.23. The second-order valence-electron chi connectivity index (χ2n) is 7.91. The monoisotopic (exact) mass is 485 g/mol. The zero-order valence-corrected chi connectivity index (χ0v) is 19.6. The Morgan fingerprint density at radius 2 is 1.52 bits per heavy atom. The summed E-state index contributed by atoms with van der Waals surface area (Å²) in [6.45, 7) is 4.63. The number of anilines is 3. The third-order valence-electron chi connectivity index (χ3n) is 5.63. The number of carboxylic acids is 1. The number of benzene rings is 3. The number of hydrogen-bond donors (Lipinski definition) is 2. The Kier molecular flexibility index (Phi) is 6.49. The summed E-state index contributed by atoms with van der Waals surface area (Å²) in [5.74, 6) is -1.12. The van der Waals surface area contributed by atoms with Crippen LogP contribution in [0.1, 0.15) is 15.9 Å². The second kappa shape index (κ2) is 9.33. The number of aromatic carboxylic acids is 1. The molecule has 1 saturated heterocycles. The predicted molar refractivity (Wildman–Crippen MR) is 131 cm³/mol. The van der Waals surface area contributed by atoms with E-state index in [0.29, 0.717) is 23.8 Å². The Balaban J connectivity index is 1.59. The lowest BCUT2D eigenvalue weighted by Gasteiger charge is -2.38. The smallest absolute Gasteiger partial charge is 0.335 e. The standard InChI is InChI=1S/C24H24ClN3O4S/c1-17-2-9-21(10-3-17)33(31,32)26-22-16-18(24(29)30)4-11-23(22)28-14-12-27(13-15-28)20-7-5-19(25)6-8-20/h2-11,16,26H,12-15H2,1H3,(H,29,30). The van der Waals surface area contributed by atoms with Crippen LogP contribution in [0.2, 0.25) is 5.02 Å². The molecular weight excluding hydrogens is 462 g/mol. The normalized spacial score (nSPS) is 14.2. The first kappa shape index (κ1) is 22.9. The van der Waals surface area contributed by atoms with E-state index >= 15 is 0 Å². The fraction of sp³-hybridized carbons (Fsp3) is 0.208. The maximum atomic E-state index is 13.0. The van der Waals surface area contributed by atoms with Gasteiger partial charge in [-0.1, -0.05) is 29.3 Å². The summed E-state index contributed by atoms with van der Waals surface area (Å²) in [7, 11) is -3.88. The third-order valence-corrected chi connectivity index (χ3v) is 7.26. The van der Waals surface area contributed by atoms with E-state index in [1.165, 1.54) is 24.3 Å². The first-order valence-corrected chi connectivity index (χ1v) is 12.3. The van der Waals surface area contributed by atoms with Crippen LogP contribution in [-0.2, 0) is 10.0 Å². The molecule has 0 unspecified atom stereocenters. The molecule has 1 heterocycles. The van der Waals surface area contributed by atoms with E-state index in [0.717, 1.165) is 24.3 Å². The number of halogens is 1. The van der Waals surface area contributed by atoms with Crippen LogP contribution < -0.4 is 14.5 Å². The first-order chi connectivity index (χ1) is 15.7. The van der Waals surface area contributed by atoms with Crippen LogP contribution in [0.5, 0.6) is 0 Å². The van der Waals surface area contributed by atoms with Gasteiger partial charge in [-0.05, 0) is 61.5 Å². The molecular formula is C24H24ClN3O4S. The van der Waals surface area contributed by atoms with Gasteiger partial charge >= 0.3 is 5.97 Å². The molecule has 0 aliphatic carbocycles. The summed E-state index contributed by atoms with van der Waals surface area (Å²) in [5.41, 5.74) is 2.92. The number of nitrogens with zero attached hydrogens (tertiary/aromatic N) is 2. The fourth-order valence-electron chi connectivity index (χ4n) is 3.81. The topological polar surface area (TPSA) is 89.9 Å². The maximum Gasteiger partial charge on any atom is 0.335 e. The van der Waals surface area contributed by atoms with E-state index in [9.17, 15) is 18.3 Å². The Morgan fingerprint density at radius 3 is 2.12 bits per heavy atom. The number of carboxylic acid groups (broad SMARTS) is 1. The lowest BCUT2D eigenvalue weighted by molar-refractivity contribution is 0.0697. The zero-order chi connectivity index (χ0) is 23.6.